The zero-order valence-electron chi connectivity index (χ0n) is 23.3. The van der Waals surface area contributed by atoms with E-state index in [0.29, 0.717) is 22.6 Å². The summed E-state index contributed by atoms with van der Waals surface area (Å²) in [7, 11) is 3.02. The van der Waals surface area contributed by atoms with Gasteiger partial charge in [-0.15, -0.1) is 10.2 Å². The lowest BCUT2D eigenvalue weighted by Crippen LogP contribution is -2.50. The fraction of sp³-hybridized carbons (Fsp3) is 0.276. The summed E-state index contributed by atoms with van der Waals surface area (Å²) in [6.07, 6.45) is 0. The Morgan fingerprint density at radius 2 is 1.54 bits per heavy atom. The van der Waals surface area contributed by atoms with E-state index < -0.39 is 41.6 Å². The van der Waals surface area contributed by atoms with Crippen LogP contribution in [0.4, 0.5) is 14.5 Å². The lowest BCUT2D eigenvalue weighted by Gasteiger charge is -2.33. The first-order valence-corrected chi connectivity index (χ1v) is 12.6. The predicted octanol–water partition coefficient (Wildman–Crippen LogP) is 4.32. The van der Waals surface area contributed by atoms with Crippen LogP contribution in [0.25, 0.3) is 11.4 Å². The second-order valence-corrected chi connectivity index (χ2v) is 10.1. The summed E-state index contributed by atoms with van der Waals surface area (Å²) in [6.45, 7) is 4.99. The van der Waals surface area contributed by atoms with Crippen LogP contribution in [0.5, 0.6) is 11.5 Å². The van der Waals surface area contributed by atoms with E-state index in [1.165, 1.54) is 67.7 Å². The summed E-state index contributed by atoms with van der Waals surface area (Å²) in [5, 5.41) is 15.3. The Labute approximate surface area is 235 Å². The quantitative estimate of drug-likeness (QED) is 0.322. The van der Waals surface area contributed by atoms with E-state index in [9.17, 15) is 18.4 Å². The number of nitrogens with zero attached hydrogens (tertiary/aromatic N) is 5. The molecule has 0 aliphatic carbocycles. The minimum atomic E-state index is -1.22. The van der Waals surface area contributed by atoms with E-state index in [4.69, 9.17) is 9.47 Å². The molecule has 41 heavy (non-hydrogen) atoms. The van der Waals surface area contributed by atoms with Crippen molar-refractivity contribution in [2.75, 3.05) is 19.1 Å². The van der Waals surface area contributed by atoms with Crippen LogP contribution in [0.1, 0.15) is 32.4 Å². The topological polar surface area (TPSA) is 111 Å². The fourth-order valence-electron chi connectivity index (χ4n) is 4.14. The highest BCUT2D eigenvalue weighted by Crippen LogP contribution is 2.32. The number of anilines is 1. The molecule has 10 nitrogen and oxygen atoms in total. The van der Waals surface area contributed by atoms with Crippen LogP contribution >= 0.6 is 0 Å². The van der Waals surface area contributed by atoms with E-state index in [1.54, 1.807) is 39.0 Å². The normalized spacial score (nSPS) is 12.0. The van der Waals surface area contributed by atoms with Crippen molar-refractivity contribution in [2.45, 2.75) is 38.9 Å². The summed E-state index contributed by atoms with van der Waals surface area (Å²) in [5.74, 6) is -0.909. The smallest absolute Gasteiger partial charge is 0.251 e. The number of halogens is 2. The van der Waals surface area contributed by atoms with Gasteiger partial charge in [0.2, 0.25) is 11.7 Å². The first-order chi connectivity index (χ1) is 19.5. The number of carbonyl (C=O) groups is 2. The Hall–Kier alpha value is -4.87. The van der Waals surface area contributed by atoms with Gasteiger partial charge < -0.3 is 14.8 Å². The van der Waals surface area contributed by atoms with Gasteiger partial charge in [-0.05, 0) is 86.1 Å². The Bertz CT molecular complexity index is 1520. The molecule has 0 bridgehead atoms. The molecule has 0 unspecified atom stereocenters. The third-order valence-electron chi connectivity index (χ3n) is 5.94. The average Bonchev–Trinajstić information content (AvgIpc) is 3.40. The van der Waals surface area contributed by atoms with E-state index in [2.05, 4.69) is 20.7 Å². The zero-order chi connectivity index (χ0) is 29.7. The maximum absolute atomic E-state index is 13.9. The molecule has 0 radical (unpaired) electrons. The van der Waals surface area contributed by atoms with E-state index in [1.807, 2.05) is 0 Å². The second-order valence-electron chi connectivity index (χ2n) is 10.1. The highest BCUT2D eigenvalue weighted by atomic mass is 19.1. The minimum Gasteiger partial charge on any atom is -0.493 e. The summed E-state index contributed by atoms with van der Waals surface area (Å²) < 4.78 is 38.2. The molecular formula is C29H30F2N6O4. The van der Waals surface area contributed by atoms with Crippen molar-refractivity contribution in [3.63, 3.8) is 0 Å². The number of hydrogen-bond acceptors (Lipinski definition) is 7. The molecule has 214 valence electrons. The number of tetrazole rings is 1. The number of hydrogen-bond donors (Lipinski definition) is 1. The third kappa shape index (κ3) is 7.02. The van der Waals surface area contributed by atoms with Crippen molar-refractivity contribution in [2.24, 2.45) is 0 Å². The molecule has 1 N–H and O–H groups in total. The monoisotopic (exact) mass is 564 g/mol. The average molecular weight is 565 g/mol. The maximum Gasteiger partial charge on any atom is 0.251 e. The summed E-state index contributed by atoms with van der Waals surface area (Å²) in [5.41, 5.74) is 0.526. The van der Waals surface area contributed by atoms with Crippen LogP contribution in [0, 0.1) is 11.6 Å². The summed E-state index contributed by atoms with van der Waals surface area (Å²) in [4.78, 5) is 29.8. The van der Waals surface area contributed by atoms with E-state index >= 15 is 0 Å². The SMILES string of the molecule is COc1ccc(-c2nnn(CC(=O)N(c3ccc(F)cc3)[C@H](C(=O)NC(C)(C)C)c3ccc(F)cc3)n2)cc1OC. The molecule has 12 heteroatoms. The number of aromatic nitrogens is 4. The molecule has 0 aliphatic heterocycles. The van der Waals surface area contributed by atoms with Crippen molar-refractivity contribution < 1.29 is 27.8 Å². The number of ether oxygens (including phenoxy) is 2. The van der Waals surface area contributed by atoms with Crippen LogP contribution in [-0.4, -0.2) is 51.8 Å². The van der Waals surface area contributed by atoms with Gasteiger partial charge in [-0.3, -0.25) is 14.5 Å². The Morgan fingerprint density at radius 3 is 2.12 bits per heavy atom. The number of methoxy groups -OCH3 is 2. The highest BCUT2D eigenvalue weighted by Gasteiger charge is 2.35. The molecule has 4 rings (SSSR count). The molecule has 0 saturated carbocycles. The number of benzene rings is 3. The highest BCUT2D eigenvalue weighted by molar-refractivity contribution is 6.01. The van der Waals surface area contributed by atoms with Gasteiger partial charge in [0.15, 0.2) is 11.5 Å². The van der Waals surface area contributed by atoms with Gasteiger partial charge in [-0.25, -0.2) is 8.78 Å². The van der Waals surface area contributed by atoms with E-state index in [0.717, 1.165) is 4.80 Å². The minimum absolute atomic E-state index is 0.229. The van der Waals surface area contributed by atoms with Gasteiger partial charge in [0.25, 0.3) is 5.91 Å². The molecule has 0 fully saturated rings. The van der Waals surface area contributed by atoms with Crippen molar-refractivity contribution >= 4 is 17.5 Å². The fourth-order valence-corrected chi connectivity index (χ4v) is 4.14. The molecule has 4 aromatic rings. The number of amides is 2. The van der Waals surface area contributed by atoms with Crippen LogP contribution in [0.15, 0.2) is 66.7 Å². The van der Waals surface area contributed by atoms with Crippen LogP contribution in [-0.2, 0) is 16.1 Å². The van der Waals surface area contributed by atoms with Gasteiger partial charge in [0, 0.05) is 16.8 Å². The van der Waals surface area contributed by atoms with E-state index in [-0.39, 0.29) is 11.5 Å². The van der Waals surface area contributed by atoms with Crippen molar-refractivity contribution in [1.82, 2.24) is 25.5 Å². The first-order valence-electron chi connectivity index (χ1n) is 12.6. The molecule has 0 saturated heterocycles. The Kier molecular flexibility index (Phi) is 8.60. The largest absolute Gasteiger partial charge is 0.493 e. The first kappa shape index (κ1) is 29.1. The third-order valence-corrected chi connectivity index (χ3v) is 5.94. The van der Waals surface area contributed by atoms with Crippen LogP contribution in [0.2, 0.25) is 0 Å². The number of nitrogens with one attached hydrogen (secondary N) is 1. The molecule has 2 amide bonds. The summed E-state index contributed by atoms with van der Waals surface area (Å²) in [6, 6.07) is 14.3. The molecule has 1 heterocycles. The predicted molar refractivity (Wildman–Crippen MR) is 147 cm³/mol. The lowest BCUT2D eigenvalue weighted by atomic mass is 10.0. The molecule has 0 spiro atoms. The molecule has 1 aromatic heterocycles. The van der Waals surface area contributed by atoms with Gasteiger partial charge in [-0.1, -0.05) is 12.1 Å². The van der Waals surface area contributed by atoms with Gasteiger partial charge in [0.05, 0.1) is 14.2 Å². The van der Waals surface area contributed by atoms with Gasteiger partial charge >= 0.3 is 0 Å². The summed E-state index contributed by atoms with van der Waals surface area (Å²) >= 11 is 0. The molecule has 1 atom stereocenters. The van der Waals surface area contributed by atoms with Crippen LogP contribution < -0.4 is 19.7 Å². The second kappa shape index (κ2) is 12.1. The zero-order valence-corrected chi connectivity index (χ0v) is 23.3. The lowest BCUT2D eigenvalue weighted by molar-refractivity contribution is -0.128. The standard InChI is InChI=1S/C29H30F2N6O4/c1-29(2,3)32-28(39)26(18-6-9-20(30)10-7-18)37(22-13-11-21(31)12-14-22)25(38)17-36-34-27(33-35-36)19-8-15-23(40-4)24(16-19)41-5/h6-16,26H,17H2,1-5H3,(H,32,39)/t26-/m0/s1. The molecular weight excluding hydrogens is 534 g/mol. The molecule has 3 aromatic carbocycles. The van der Waals surface area contributed by atoms with Crippen molar-refractivity contribution in [3.8, 4) is 22.9 Å². The number of rotatable bonds is 9. The molecule has 0 aliphatic rings. The maximum atomic E-state index is 13.9. The van der Waals surface area contributed by atoms with Gasteiger partial charge in [-0.2, -0.15) is 4.80 Å². The van der Waals surface area contributed by atoms with Gasteiger partial charge in [0.1, 0.15) is 24.2 Å². The Morgan fingerprint density at radius 1 is 0.927 bits per heavy atom. The van der Waals surface area contributed by atoms with Crippen LogP contribution in [0.3, 0.4) is 0 Å². The Balaban J connectivity index is 1.72. The van der Waals surface area contributed by atoms with Crippen molar-refractivity contribution in [3.05, 3.63) is 83.9 Å². The number of carbonyl (C=O) groups excluding carboxylic acids is 2. The van der Waals surface area contributed by atoms with Crippen molar-refractivity contribution in [1.29, 1.82) is 0 Å².